The molecule has 0 atom stereocenters. The number of benzene rings is 2. The minimum atomic E-state index is -0.228. The largest absolute Gasteiger partial charge is 0.497 e. The lowest BCUT2D eigenvalue weighted by atomic mass is 10.0. The molecular weight excluding hydrogens is 280 g/mol. The molecule has 1 aromatic heterocycles. The number of hydrogen-bond acceptors (Lipinski definition) is 4. The summed E-state index contributed by atoms with van der Waals surface area (Å²) in [5, 5.41) is 8.10. The van der Waals surface area contributed by atoms with Crippen molar-refractivity contribution in [2.75, 3.05) is 14.2 Å². The molecule has 22 heavy (non-hydrogen) atoms. The molecule has 112 valence electrons. The van der Waals surface area contributed by atoms with Crippen LogP contribution < -0.4 is 10.3 Å². The molecule has 1 heterocycles. The molecule has 0 bridgehead atoms. The van der Waals surface area contributed by atoms with E-state index in [1.807, 2.05) is 36.4 Å². The molecule has 0 unspecified atom stereocenters. The van der Waals surface area contributed by atoms with E-state index in [-0.39, 0.29) is 5.56 Å². The molecule has 0 radical (unpaired) electrons. The Morgan fingerprint density at radius 3 is 2.50 bits per heavy atom. The number of hydrogen-bond donors (Lipinski definition) is 1. The molecule has 0 spiro atoms. The Balaban J connectivity index is 2.14. The summed E-state index contributed by atoms with van der Waals surface area (Å²) in [6.45, 7) is 0.567. The standard InChI is InChI=1S/C17H16N2O3/c1-21-10-11-3-5-12(6-4-11)16-14-8-7-13(22-2)9-15(14)17(20)19-18-16/h3-9H,10H2,1-2H3,(H,19,20). The van der Waals surface area contributed by atoms with E-state index in [4.69, 9.17) is 9.47 Å². The van der Waals surface area contributed by atoms with Crippen LogP contribution in [-0.2, 0) is 11.3 Å². The van der Waals surface area contributed by atoms with Gasteiger partial charge in [-0.3, -0.25) is 4.79 Å². The van der Waals surface area contributed by atoms with Crippen LogP contribution in [0.15, 0.2) is 47.3 Å². The molecule has 0 fully saturated rings. The maximum atomic E-state index is 12.0. The number of fused-ring (bicyclic) bond motifs is 1. The van der Waals surface area contributed by atoms with Gasteiger partial charge in [0.15, 0.2) is 0 Å². The van der Waals surface area contributed by atoms with Gasteiger partial charge in [-0.2, -0.15) is 5.10 Å². The Morgan fingerprint density at radius 2 is 1.82 bits per heavy atom. The number of nitrogens with zero attached hydrogens (tertiary/aromatic N) is 1. The van der Waals surface area contributed by atoms with Gasteiger partial charge in [0.25, 0.3) is 5.56 Å². The lowest BCUT2D eigenvalue weighted by molar-refractivity contribution is 0.185. The summed E-state index contributed by atoms with van der Waals surface area (Å²) in [5.41, 5.74) is 2.53. The smallest absolute Gasteiger partial charge is 0.272 e. The van der Waals surface area contributed by atoms with Crippen LogP contribution in [0, 0.1) is 0 Å². The average molecular weight is 296 g/mol. The van der Waals surface area contributed by atoms with E-state index < -0.39 is 0 Å². The van der Waals surface area contributed by atoms with E-state index in [1.165, 1.54) is 0 Å². The van der Waals surface area contributed by atoms with Crippen molar-refractivity contribution < 1.29 is 9.47 Å². The minimum absolute atomic E-state index is 0.228. The molecule has 1 N–H and O–H groups in total. The lowest BCUT2D eigenvalue weighted by Crippen LogP contribution is -2.09. The zero-order valence-corrected chi connectivity index (χ0v) is 12.4. The van der Waals surface area contributed by atoms with Crippen LogP contribution >= 0.6 is 0 Å². The zero-order chi connectivity index (χ0) is 15.5. The molecule has 3 aromatic rings. The summed E-state index contributed by atoms with van der Waals surface area (Å²) in [7, 11) is 3.24. The quantitative estimate of drug-likeness (QED) is 0.804. The number of H-pyrrole nitrogens is 1. The van der Waals surface area contributed by atoms with E-state index in [1.54, 1.807) is 20.3 Å². The highest BCUT2D eigenvalue weighted by molar-refractivity contribution is 5.94. The highest BCUT2D eigenvalue weighted by atomic mass is 16.5. The second-order valence-electron chi connectivity index (χ2n) is 4.94. The fraction of sp³-hybridized carbons (Fsp3) is 0.176. The SMILES string of the molecule is COCc1ccc(-c2n[nH]c(=O)c3cc(OC)ccc23)cc1. The van der Waals surface area contributed by atoms with Crippen molar-refractivity contribution in [3.8, 4) is 17.0 Å². The second-order valence-corrected chi connectivity index (χ2v) is 4.94. The van der Waals surface area contributed by atoms with E-state index in [0.717, 1.165) is 22.2 Å². The maximum absolute atomic E-state index is 12.0. The molecule has 0 saturated carbocycles. The summed E-state index contributed by atoms with van der Waals surface area (Å²) in [5.74, 6) is 0.644. The van der Waals surface area contributed by atoms with Gasteiger partial charge in [0.05, 0.1) is 24.8 Å². The van der Waals surface area contributed by atoms with Crippen LogP contribution in [0.4, 0.5) is 0 Å². The van der Waals surface area contributed by atoms with Crippen LogP contribution in [-0.4, -0.2) is 24.4 Å². The fourth-order valence-electron chi connectivity index (χ4n) is 2.42. The third kappa shape index (κ3) is 2.58. The van der Waals surface area contributed by atoms with Gasteiger partial charge in [-0.15, -0.1) is 0 Å². The summed E-state index contributed by atoms with van der Waals surface area (Å²) >= 11 is 0. The Labute approximate surface area is 127 Å². The van der Waals surface area contributed by atoms with Crippen molar-refractivity contribution in [3.05, 3.63) is 58.4 Å². The number of nitrogens with one attached hydrogen (secondary N) is 1. The van der Waals surface area contributed by atoms with E-state index in [0.29, 0.717) is 17.7 Å². The monoisotopic (exact) mass is 296 g/mol. The van der Waals surface area contributed by atoms with Gasteiger partial charge in [-0.25, -0.2) is 5.10 Å². The van der Waals surface area contributed by atoms with Crippen LogP contribution in [0.5, 0.6) is 5.75 Å². The Hall–Kier alpha value is -2.66. The Bertz CT molecular complexity index is 854. The summed E-state index contributed by atoms with van der Waals surface area (Å²) in [4.78, 5) is 12.0. The first-order chi connectivity index (χ1) is 10.7. The number of methoxy groups -OCH3 is 2. The first-order valence-electron chi connectivity index (χ1n) is 6.87. The van der Waals surface area contributed by atoms with Crippen molar-refractivity contribution in [1.29, 1.82) is 0 Å². The van der Waals surface area contributed by atoms with Gasteiger partial charge in [-0.05, 0) is 23.8 Å². The molecule has 3 rings (SSSR count). The maximum Gasteiger partial charge on any atom is 0.272 e. The van der Waals surface area contributed by atoms with Crippen molar-refractivity contribution in [2.24, 2.45) is 0 Å². The van der Waals surface area contributed by atoms with Crippen LogP contribution in [0.1, 0.15) is 5.56 Å². The molecule has 2 aromatic carbocycles. The molecule has 0 amide bonds. The predicted molar refractivity (Wildman–Crippen MR) is 85.1 cm³/mol. The number of aromatic nitrogens is 2. The fourth-order valence-corrected chi connectivity index (χ4v) is 2.42. The summed E-state index contributed by atoms with van der Waals surface area (Å²) in [6, 6.07) is 13.3. The predicted octanol–water partition coefficient (Wildman–Crippen LogP) is 2.75. The van der Waals surface area contributed by atoms with Gasteiger partial charge in [0, 0.05) is 18.1 Å². The molecule has 0 aliphatic rings. The lowest BCUT2D eigenvalue weighted by Gasteiger charge is -2.07. The molecule has 5 heteroatoms. The minimum Gasteiger partial charge on any atom is -0.497 e. The van der Waals surface area contributed by atoms with E-state index in [9.17, 15) is 4.79 Å². The normalized spacial score (nSPS) is 10.8. The van der Waals surface area contributed by atoms with Crippen LogP contribution in [0.25, 0.3) is 22.0 Å². The first-order valence-corrected chi connectivity index (χ1v) is 6.87. The third-order valence-corrected chi connectivity index (χ3v) is 3.53. The van der Waals surface area contributed by atoms with Crippen molar-refractivity contribution in [2.45, 2.75) is 6.61 Å². The average Bonchev–Trinajstić information content (AvgIpc) is 2.56. The second kappa shape index (κ2) is 5.99. The molecule has 0 aliphatic heterocycles. The number of aromatic amines is 1. The highest BCUT2D eigenvalue weighted by Crippen LogP contribution is 2.27. The number of ether oxygens (including phenoxy) is 2. The summed E-state index contributed by atoms with van der Waals surface area (Å²) < 4.78 is 10.3. The van der Waals surface area contributed by atoms with Crippen molar-refractivity contribution >= 4 is 10.8 Å². The highest BCUT2D eigenvalue weighted by Gasteiger charge is 2.09. The zero-order valence-electron chi connectivity index (χ0n) is 12.4. The Kier molecular flexibility index (Phi) is 3.89. The number of rotatable bonds is 4. The van der Waals surface area contributed by atoms with Gasteiger partial charge in [0.1, 0.15) is 5.75 Å². The topological polar surface area (TPSA) is 64.2 Å². The van der Waals surface area contributed by atoms with Gasteiger partial charge in [0.2, 0.25) is 0 Å². The van der Waals surface area contributed by atoms with Crippen LogP contribution in [0.3, 0.4) is 0 Å². The van der Waals surface area contributed by atoms with Crippen molar-refractivity contribution in [3.63, 3.8) is 0 Å². The van der Waals surface area contributed by atoms with Crippen LogP contribution in [0.2, 0.25) is 0 Å². The van der Waals surface area contributed by atoms with E-state index in [2.05, 4.69) is 10.2 Å². The summed E-state index contributed by atoms with van der Waals surface area (Å²) in [6.07, 6.45) is 0. The molecule has 0 aliphatic carbocycles. The van der Waals surface area contributed by atoms with E-state index >= 15 is 0 Å². The molecular formula is C17H16N2O3. The Morgan fingerprint density at radius 1 is 1.05 bits per heavy atom. The van der Waals surface area contributed by atoms with Gasteiger partial charge in [-0.1, -0.05) is 24.3 Å². The third-order valence-electron chi connectivity index (χ3n) is 3.53. The van der Waals surface area contributed by atoms with Crippen molar-refractivity contribution in [1.82, 2.24) is 10.2 Å². The first kappa shape index (κ1) is 14.3. The van der Waals surface area contributed by atoms with Gasteiger partial charge >= 0.3 is 0 Å². The molecule has 0 saturated heterocycles. The molecule has 5 nitrogen and oxygen atoms in total. The van der Waals surface area contributed by atoms with Gasteiger partial charge < -0.3 is 9.47 Å².